The Balaban J connectivity index is 0.00000300. The molecule has 0 radical (unpaired) electrons. The third-order valence-electron chi connectivity index (χ3n) is 3.68. The summed E-state index contributed by atoms with van der Waals surface area (Å²) in [5, 5.41) is 20.2. The summed E-state index contributed by atoms with van der Waals surface area (Å²) in [7, 11) is -11.4. The molecule has 21 heteroatoms. The van der Waals surface area contributed by atoms with Crippen molar-refractivity contribution in [2.75, 3.05) is 12.3 Å². The molecule has 1 fully saturated rings. The van der Waals surface area contributed by atoms with Crippen molar-refractivity contribution < 1.29 is 136 Å². The van der Waals surface area contributed by atoms with Crippen LogP contribution in [0.15, 0.2) is 11.1 Å². The molecule has 156 valence electrons. The molecule has 3 rings (SSSR count). The fraction of sp³-hybridized carbons (Fsp3) is 0.500. The molecule has 16 nitrogen and oxygen atoms in total. The summed E-state index contributed by atoms with van der Waals surface area (Å²) < 4.78 is 35.5. The number of nitrogens with one attached hydrogen (secondary N) is 1. The molecule has 5 atom stereocenters. The van der Waals surface area contributed by atoms with Gasteiger partial charge in [0.1, 0.15) is 29.6 Å². The van der Waals surface area contributed by atoms with Crippen molar-refractivity contribution in [2.24, 2.45) is 0 Å². The predicted octanol–water partition coefficient (Wildman–Crippen LogP) is -13.3. The first-order valence-corrected chi connectivity index (χ1v) is 10.2. The van der Waals surface area contributed by atoms with Gasteiger partial charge in [0.05, 0.1) is 20.8 Å². The molecule has 1 aliphatic rings. The quantitative estimate of drug-likeness (QED) is 0.208. The van der Waals surface area contributed by atoms with E-state index in [1.165, 1.54) is 0 Å². The molecule has 1 unspecified atom stereocenters. The van der Waals surface area contributed by atoms with Crippen molar-refractivity contribution in [2.45, 2.75) is 24.5 Å². The number of nitrogens with two attached hydrogens (primary N) is 1. The molecular formula is C10H12N5Na3O11P2. The summed E-state index contributed by atoms with van der Waals surface area (Å²) in [6.45, 7) is -0.988. The van der Waals surface area contributed by atoms with Gasteiger partial charge in [-0.3, -0.25) is 18.4 Å². The van der Waals surface area contributed by atoms with E-state index in [2.05, 4.69) is 23.8 Å². The van der Waals surface area contributed by atoms with Crippen LogP contribution in [-0.2, 0) is 22.7 Å². The van der Waals surface area contributed by atoms with Gasteiger partial charge in [0.2, 0.25) is 0 Å². The third-order valence-corrected chi connectivity index (χ3v) is 5.75. The smallest absolute Gasteiger partial charge is 0.790 e. The number of aromatic amines is 1. The summed E-state index contributed by atoms with van der Waals surface area (Å²) >= 11 is 0. The van der Waals surface area contributed by atoms with E-state index in [0.717, 1.165) is 10.9 Å². The second kappa shape index (κ2) is 12.3. The Labute approximate surface area is 239 Å². The zero-order chi connectivity index (χ0) is 20.9. The van der Waals surface area contributed by atoms with Gasteiger partial charge in [-0.05, 0) is 0 Å². The summed E-state index contributed by atoms with van der Waals surface area (Å²) in [6.07, 6.45) is -5.10. The number of H-pyrrole nitrogens is 1. The number of fused-ring (bicyclic) bond motifs is 1. The fourth-order valence-corrected chi connectivity index (χ4v) is 4.05. The largest absolute Gasteiger partial charge is 1.00 e. The van der Waals surface area contributed by atoms with Crippen LogP contribution in [0.1, 0.15) is 6.23 Å². The fourth-order valence-electron chi connectivity index (χ4n) is 2.55. The van der Waals surface area contributed by atoms with Crippen LogP contribution in [0.4, 0.5) is 5.82 Å². The average Bonchev–Trinajstić information content (AvgIpc) is 3.06. The number of hydrogen-bond acceptors (Lipinski definition) is 14. The molecule has 5 N–H and O–H groups in total. The maximum atomic E-state index is 11.5. The first kappa shape index (κ1) is 32.3. The van der Waals surface area contributed by atoms with E-state index < -0.39 is 52.5 Å². The summed E-state index contributed by atoms with van der Waals surface area (Å²) in [5.41, 5.74) is 4.78. The van der Waals surface area contributed by atoms with Gasteiger partial charge in [-0.15, -0.1) is 0 Å². The van der Waals surface area contributed by atoms with Crippen molar-refractivity contribution >= 4 is 32.6 Å². The van der Waals surface area contributed by atoms with Crippen LogP contribution < -0.4 is 115 Å². The van der Waals surface area contributed by atoms with Crippen LogP contribution in [0.2, 0.25) is 0 Å². The average molecular weight is 509 g/mol. The van der Waals surface area contributed by atoms with Crippen molar-refractivity contribution in [1.29, 1.82) is 0 Å². The van der Waals surface area contributed by atoms with E-state index in [-0.39, 0.29) is 106 Å². The zero-order valence-electron chi connectivity index (χ0n) is 16.5. The molecule has 0 spiro atoms. The number of aliphatic hydroxyl groups excluding tert-OH is 2. The van der Waals surface area contributed by atoms with Gasteiger partial charge in [-0.2, -0.15) is 4.98 Å². The van der Waals surface area contributed by atoms with E-state index >= 15 is 0 Å². The molecule has 0 amide bonds. The van der Waals surface area contributed by atoms with Crippen LogP contribution in [0.25, 0.3) is 11.2 Å². The second-order valence-electron chi connectivity index (χ2n) is 5.60. The van der Waals surface area contributed by atoms with Gasteiger partial charge < -0.3 is 44.5 Å². The standard InChI is InChI=1S/C10H15N5O11P2.3Na/c11-7-4-8(14-10(18)13-7)15(2-12-4)9-6(17)5(16)3(25-9)1-24-28(22,23)26-27(19,20)21;;;/h2-3,5-6,9,16-17H,1H2,(H,22,23)(H2,19,20,21)(H3,11,13,14,18);;;/q;3*+1/p-3/t3-,5-,6-,9-;;;/m1.../s1. The number of hydrogen-bond donors (Lipinski definition) is 4. The maximum Gasteiger partial charge on any atom is 1.00 e. The van der Waals surface area contributed by atoms with E-state index in [1.54, 1.807) is 0 Å². The Bertz CT molecular complexity index is 1050. The number of phosphoric acid groups is 2. The molecule has 3 heterocycles. The van der Waals surface area contributed by atoms with Crippen molar-refractivity contribution in [3.8, 4) is 0 Å². The Kier molecular flexibility index (Phi) is 12.8. The molecule has 2 aromatic rings. The minimum absolute atomic E-state index is 0. The zero-order valence-corrected chi connectivity index (χ0v) is 24.3. The topological polar surface area (TPSA) is 261 Å². The van der Waals surface area contributed by atoms with Crippen molar-refractivity contribution in [1.82, 2.24) is 19.5 Å². The number of imidazole rings is 1. The monoisotopic (exact) mass is 509 g/mol. The van der Waals surface area contributed by atoms with Crippen LogP contribution in [0.3, 0.4) is 0 Å². The number of aliphatic hydroxyl groups is 2. The number of anilines is 1. The Morgan fingerprint density at radius 1 is 1.23 bits per heavy atom. The van der Waals surface area contributed by atoms with Gasteiger partial charge in [0.25, 0.3) is 7.82 Å². The first-order valence-electron chi connectivity index (χ1n) is 7.31. The van der Waals surface area contributed by atoms with Crippen LogP contribution in [0.5, 0.6) is 0 Å². The molecule has 31 heavy (non-hydrogen) atoms. The van der Waals surface area contributed by atoms with Crippen molar-refractivity contribution in [3.63, 3.8) is 0 Å². The van der Waals surface area contributed by atoms with E-state index in [0.29, 0.717) is 0 Å². The van der Waals surface area contributed by atoms with Crippen LogP contribution in [-0.4, -0.2) is 54.7 Å². The van der Waals surface area contributed by atoms with E-state index in [4.69, 9.17) is 10.5 Å². The third kappa shape index (κ3) is 7.90. The summed E-state index contributed by atoms with van der Waals surface area (Å²) in [4.78, 5) is 53.3. The number of rotatable bonds is 6. The number of phosphoric ester groups is 1. The Morgan fingerprint density at radius 2 is 1.84 bits per heavy atom. The van der Waals surface area contributed by atoms with E-state index in [1.807, 2.05) is 0 Å². The minimum atomic E-state index is -5.88. The Hall–Kier alpha value is 1.29. The Morgan fingerprint density at radius 3 is 2.42 bits per heavy atom. The van der Waals surface area contributed by atoms with Crippen LogP contribution in [0, 0.1) is 0 Å². The first-order chi connectivity index (χ1) is 12.9. The van der Waals surface area contributed by atoms with Crippen molar-refractivity contribution in [3.05, 3.63) is 16.8 Å². The maximum absolute atomic E-state index is 11.5. The normalized spacial score (nSPS) is 25.2. The molecule has 0 aliphatic carbocycles. The van der Waals surface area contributed by atoms with Gasteiger partial charge in [-0.1, -0.05) is 0 Å². The van der Waals surface area contributed by atoms with Gasteiger partial charge in [0, 0.05) is 0 Å². The number of nitrogens with zero attached hydrogens (tertiary/aromatic N) is 3. The number of aromatic nitrogens is 4. The van der Waals surface area contributed by atoms with Gasteiger partial charge >= 0.3 is 94.4 Å². The van der Waals surface area contributed by atoms with Crippen LogP contribution >= 0.6 is 15.6 Å². The molecule has 2 aromatic heterocycles. The summed E-state index contributed by atoms with van der Waals surface area (Å²) in [6, 6.07) is 0. The van der Waals surface area contributed by atoms with Gasteiger partial charge in [-0.25, -0.2) is 9.78 Å². The molecular weight excluding hydrogens is 497 g/mol. The second-order valence-corrected chi connectivity index (χ2v) is 8.30. The number of nitrogen functional groups attached to an aromatic ring is 1. The van der Waals surface area contributed by atoms with E-state index in [9.17, 15) is 38.8 Å². The van der Waals surface area contributed by atoms with Gasteiger partial charge in [0.15, 0.2) is 11.9 Å². The minimum Gasteiger partial charge on any atom is -0.790 e. The molecule has 1 aliphatic heterocycles. The molecule has 1 saturated heterocycles. The summed E-state index contributed by atoms with van der Waals surface area (Å²) in [5.74, 6) is -0.106. The number of ether oxygens (including phenoxy) is 1. The predicted molar refractivity (Wildman–Crippen MR) is 80.7 cm³/mol. The SMILES string of the molecule is Nc1[nH]c(=O)nc2c1ncn2[C@@H]1O[C@H](COP(=O)([O-])OP(=O)([O-])[O-])[C@@H](O)[C@H]1O.[Na+].[Na+].[Na+]. The molecule has 0 saturated carbocycles. The molecule has 0 bridgehead atoms. The molecule has 0 aromatic carbocycles.